The Bertz CT molecular complexity index is 626. The molecule has 3 nitrogen and oxygen atoms in total. The fourth-order valence-electron chi connectivity index (χ4n) is 3.24. The first-order valence-corrected chi connectivity index (χ1v) is 7.87. The van der Waals surface area contributed by atoms with E-state index < -0.39 is 0 Å². The van der Waals surface area contributed by atoms with Gasteiger partial charge in [-0.2, -0.15) is 0 Å². The standard InChI is InChI=1S/C18H24N2O/c1-13-3-7-17-9-15(6-8-18(17)19-13)10-20-11-16(12-21)5-4-14(20)2/h3,6-9,14,16,21H,4-5,10-12H2,1-2H3/t14-,16-/m0/s1. The summed E-state index contributed by atoms with van der Waals surface area (Å²) in [6, 6.07) is 11.4. The molecule has 0 amide bonds. The zero-order valence-corrected chi connectivity index (χ0v) is 12.9. The number of likely N-dealkylation sites (tertiary alicyclic amines) is 1. The van der Waals surface area contributed by atoms with Gasteiger partial charge in [0.15, 0.2) is 0 Å². The van der Waals surface area contributed by atoms with Crippen molar-refractivity contribution in [2.75, 3.05) is 13.2 Å². The molecule has 3 rings (SSSR count). The van der Waals surface area contributed by atoms with Crippen molar-refractivity contribution in [2.24, 2.45) is 5.92 Å². The smallest absolute Gasteiger partial charge is 0.0705 e. The highest BCUT2D eigenvalue weighted by Gasteiger charge is 2.24. The number of aliphatic hydroxyl groups is 1. The number of fused-ring (bicyclic) bond motifs is 1. The Morgan fingerprint density at radius 3 is 2.90 bits per heavy atom. The summed E-state index contributed by atoms with van der Waals surface area (Å²) in [7, 11) is 0. The Kier molecular flexibility index (Phi) is 4.22. The molecule has 1 aromatic heterocycles. The number of hydrogen-bond acceptors (Lipinski definition) is 3. The van der Waals surface area contributed by atoms with Crippen LogP contribution in [-0.2, 0) is 6.54 Å². The molecular formula is C18H24N2O. The van der Waals surface area contributed by atoms with Crippen LogP contribution in [0.1, 0.15) is 31.0 Å². The van der Waals surface area contributed by atoms with Crippen LogP contribution in [0.5, 0.6) is 0 Å². The van der Waals surface area contributed by atoms with E-state index in [2.05, 4.69) is 47.1 Å². The molecule has 0 spiro atoms. The normalized spacial score (nSPS) is 23.6. The van der Waals surface area contributed by atoms with E-state index in [1.54, 1.807) is 0 Å². The Labute approximate surface area is 126 Å². The summed E-state index contributed by atoms with van der Waals surface area (Å²) >= 11 is 0. The maximum atomic E-state index is 9.39. The van der Waals surface area contributed by atoms with Crippen LogP contribution in [-0.4, -0.2) is 34.2 Å². The molecule has 0 unspecified atom stereocenters. The lowest BCUT2D eigenvalue weighted by molar-refractivity contribution is 0.0772. The quantitative estimate of drug-likeness (QED) is 0.940. The fourth-order valence-corrected chi connectivity index (χ4v) is 3.24. The number of aromatic nitrogens is 1. The van der Waals surface area contributed by atoms with Gasteiger partial charge in [-0.3, -0.25) is 9.88 Å². The van der Waals surface area contributed by atoms with Crippen molar-refractivity contribution in [1.82, 2.24) is 9.88 Å². The van der Waals surface area contributed by atoms with Gasteiger partial charge in [0, 0.05) is 36.8 Å². The predicted molar refractivity (Wildman–Crippen MR) is 86.2 cm³/mol. The number of pyridine rings is 1. The molecule has 1 N–H and O–H groups in total. The first-order chi connectivity index (χ1) is 10.2. The maximum absolute atomic E-state index is 9.39. The van der Waals surface area contributed by atoms with Gasteiger partial charge in [0.05, 0.1) is 5.52 Å². The summed E-state index contributed by atoms with van der Waals surface area (Å²) in [5, 5.41) is 10.6. The lowest BCUT2D eigenvalue weighted by atomic mass is 9.93. The van der Waals surface area contributed by atoms with Crippen molar-refractivity contribution in [2.45, 2.75) is 39.3 Å². The van der Waals surface area contributed by atoms with Gasteiger partial charge in [0.2, 0.25) is 0 Å². The minimum absolute atomic E-state index is 0.310. The van der Waals surface area contributed by atoms with Gasteiger partial charge in [-0.15, -0.1) is 0 Å². The van der Waals surface area contributed by atoms with Crippen LogP contribution in [0.4, 0.5) is 0 Å². The van der Waals surface area contributed by atoms with Gasteiger partial charge in [-0.1, -0.05) is 12.1 Å². The highest BCUT2D eigenvalue weighted by molar-refractivity contribution is 5.79. The lowest BCUT2D eigenvalue weighted by Crippen LogP contribution is -2.42. The summed E-state index contributed by atoms with van der Waals surface area (Å²) < 4.78 is 0. The monoisotopic (exact) mass is 284 g/mol. The topological polar surface area (TPSA) is 36.4 Å². The lowest BCUT2D eigenvalue weighted by Gasteiger charge is -2.37. The van der Waals surface area contributed by atoms with Crippen molar-refractivity contribution in [3.8, 4) is 0 Å². The van der Waals surface area contributed by atoms with Crippen LogP contribution in [0, 0.1) is 12.8 Å². The predicted octanol–water partition coefficient (Wildman–Crippen LogP) is 3.14. The Balaban J connectivity index is 1.79. The van der Waals surface area contributed by atoms with E-state index in [4.69, 9.17) is 0 Å². The van der Waals surface area contributed by atoms with E-state index in [0.29, 0.717) is 18.6 Å². The second kappa shape index (κ2) is 6.12. The van der Waals surface area contributed by atoms with E-state index in [1.165, 1.54) is 17.4 Å². The first kappa shape index (κ1) is 14.5. The minimum atomic E-state index is 0.310. The summed E-state index contributed by atoms with van der Waals surface area (Å²) in [5.41, 5.74) is 3.46. The van der Waals surface area contributed by atoms with E-state index in [9.17, 15) is 5.11 Å². The molecule has 0 bridgehead atoms. The van der Waals surface area contributed by atoms with E-state index in [1.807, 2.05) is 6.92 Å². The Morgan fingerprint density at radius 1 is 1.24 bits per heavy atom. The van der Waals surface area contributed by atoms with Gasteiger partial charge in [-0.05, 0) is 56.4 Å². The highest BCUT2D eigenvalue weighted by Crippen LogP contribution is 2.24. The van der Waals surface area contributed by atoms with E-state index in [0.717, 1.165) is 30.7 Å². The second-order valence-electron chi connectivity index (χ2n) is 6.38. The maximum Gasteiger partial charge on any atom is 0.0705 e. The van der Waals surface area contributed by atoms with Crippen molar-refractivity contribution >= 4 is 10.9 Å². The fraction of sp³-hybridized carbons (Fsp3) is 0.500. The molecule has 112 valence electrons. The largest absolute Gasteiger partial charge is 0.396 e. The van der Waals surface area contributed by atoms with Gasteiger partial charge >= 0.3 is 0 Å². The number of rotatable bonds is 3. The minimum Gasteiger partial charge on any atom is -0.396 e. The van der Waals surface area contributed by atoms with Crippen LogP contribution < -0.4 is 0 Å². The molecule has 0 saturated carbocycles. The molecule has 2 heterocycles. The van der Waals surface area contributed by atoms with Crippen molar-refractivity contribution in [1.29, 1.82) is 0 Å². The third-order valence-electron chi connectivity index (χ3n) is 4.65. The second-order valence-corrected chi connectivity index (χ2v) is 6.38. The summed E-state index contributed by atoms with van der Waals surface area (Å²) in [4.78, 5) is 7.05. The summed E-state index contributed by atoms with van der Waals surface area (Å²) in [6.07, 6.45) is 2.33. The molecular weight excluding hydrogens is 260 g/mol. The molecule has 1 saturated heterocycles. The molecule has 2 atom stereocenters. The number of benzene rings is 1. The van der Waals surface area contributed by atoms with Crippen LogP contribution in [0.3, 0.4) is 0 Å². The number of aryl methyl sites for hydroxylation is 1. The third-order valence-corrected chi connectivity index (χ3v) is 4.65. The van der Waals surface area contributed by atoms with E-state index in [-0.39, 0.29) is 0 Å². The van der Waals surface area contributed by atoms with Crippen LogP contribution in [0.2, 0.25) is 0 Å². The molecule has 1 aromatic carbocycles. The molecule has 3 heteroatoms. The zero-order valence-electron chi connectivity index (χ0n) is 12.9. The molecule has 1 aliphatic heterocycles. The van der Waals surface area contributed by atoms with Crippen molar-refractivity contribution in [3.63, 3.8) is 0 Å². The van der Waals surface area contributed by atoms with Crippen LogP contribution in [0.15, 0.2) is 30.3 Å². The number of nitrogens with zero attached hydrogens (tertiary/aromatic N) is 2. The highest BCUT2D eigenvalue weighted by atomic mass is 16.3. The third kappa shape index (κ3) is 3.25. The molecule has 2 aromatic rings. The number of hydrogen-bond donors (Lipinski definition) is 1. The van der Waals surface area contributed by atoms with Crippen molar-refractivity contribution < 1.29 is 5.11 Å². The molecule has 1 fully saturated rings. The zero-order chi connectivity index (χ0) is 14.8. The van der Waals surface area contributed by atoms with Crippen LogP contribution >= 0.6 is 0 Å². The SMILES string of the molecule is Cc1ccc2cc(CN3C[C@@H](CO)CC[C@@H]3C)ccc2n1. The van der Waals surface area contributed by atoms with Gasteiger partial charge in [0.1, 0.15) is 0 Å². The molecule has 0 radical (unpaired) electrons. The summed E-state index contributed by atoms with van der Waals surface area (Å²) in [5.74, 6) is 0.436. The summed E-state index contributed by atoms with van der Waals surface area (Å²) in [6.45, 7) is 6.59. The van der Waals surface area contributed by atoms with Crippen LogP contribution in [0.25, 0.3) is 10.9 Å². The Morgan fingerprint density at radius 2 is 2.10 bits per heavy atom. The number of piperidine rings is 1. The molecule has 1 aliphatic rings. The van der Waals surface area contributed by atoms with Gasteiger partial charge < -0.3 is 5.11 Å². The van der Waals surface area contributed by atoms with E-state index >= 15 is 0 Å². The van der Waals surface area contributed by atoms with Crippen molar-refractivity contribution in [3.05, 3.63) is 41.6 Å². The number of aliphatic hydroxyl groups excluding tert-OH is 1. The average Bonchev–Trinajstić information content (AvgIpc) is 2.49. The average molecular weight is 284 g/mol. The van der Waals surface area contributed by atoms with Gasteiger partial charge in [-0.25, -0.2) is 0 Å². The Hall–Kier alpha value is -1.45. The van der Waals surface area contributed by atoms with Gasteiger partial charge in [0.25, 0.3) is 0 Å². The molecule has 0 aliphatic carbocycles. The first-order valence-electron chi connectivity index (χ1n) is 7.87. The molecule has 21 heavy (non-hydrogen) atoms.